The molecule has 4 rings (SSSR count). The molecule has 7 nitrogen and oxygen atoms in total. The van der Waals surface area contributed by atoms with Crippen LogP contribution in [0.5, 0.6) is 0 Å². The van der Waals surface area contributed by atoms with Crippen LogP contribution in [0.4, 0.5) is 4.79 Å². The Morgan fingerprint density at radius 3 is 2.24 bits per heavy atom. The summed E-state index contributed by atoms with van der Waals surface area (Å²) < 4.78 is 5.04. The van der Waals surface area contributed by atoms with E-state index in [0.717, 1.165) is 15.4 Å². The molecule has 0 bridgehead atoms. The average Bonchev–Trinajstić information content (AvgIpc) is 3.25. The highest BCUT2D eigenvalue weighted by Crippen LogP contribution is 2.28. The number of nitrogens with zero attached hydrogens (tertiary/aromatic N) is 2. The fraction of sp³-hybridized carbons (Fsp3) is 0.182. The molecule has 2 aliphatic heterocycles. The first kappa shape index (κ1) is 18.6. The molecule has 146 valence electrons. The number of hydrogen-bond acceptors (Lipinski definition) is 5. The van der Waals surface area contributed by atoms with Crippen LogP contribution in [-0.2, 0) is 9.53 Å². The summed E-state index contributed by atoms with van der Waals surface area (Å²) in [6.07, 6.45) is 2.45. The average molecular weight is 390 g/mol. The van der Waals surface area contributed by atoms with E-state index < -0.39 is 18.0 Å². The lowest BCUT2D eigenvalue weighted by atomic mass is 10.1. The number of carbonyl (C=O) groups excluding carboxylic acids is 4. The minimum absolute atomic E-state index is 0.109. The fourth-order valence-electron chi connectivity index (χ4n) is 3.50. The van der Waals surface area contributed by atoms with E-state index in [0.29, 0.717) is 17.5 Å². The van der Waals surface area contributed by atoms with Gasteiger partial charge in [0.05, 0.1) is 11.1 Å². The summed E-state index contributed by atoms with van der Waals surface area (Å²) >= 11 is 0. The van der Waals surface area contributed by atoms with Crippen molar-refractivity contribution in [1.82, 2.24) is 9.80 Å². The molecule has 4 amide bonds. The van der Waals surface area contributed by atoms with Crippen molar-refractivity contribution in [3.05, 3.63) is 83.4 Å². The molecule has 0 unspecified atom stereocenters. The number of fused-ring (bicyclic) bond motifs is 1. The van der Waals surface area contributed by atoms with Crippen LogP contribution in [-0.4, -0.2) is 46.8 Å². The van der Waals surface area contributed by atoms with Crippen LogP contribution in [0.25, 0.3) is 0 Å². The second kappa shape index (κ2) is 7.71. The Kier molecular flexibility index (Phi) is 4.95. The second-order valence-corrected chi connectivity index (χ2v) is 6.71. The van der Waals surface area contributed by atoms with Crippen LogP contribution in [0.3, 0.4) is 0 Å². The minimum atomic E-state index is -0.686. The zero-order valence-electron chi connectivity index (χ0n) is 15.5. The van der Waals surface area contributed by atoms with E-state index in [1.165, 1.54) is 6.08 Å². The van der Waals surface area contributed by atoms with E-state index in [2.05, 4.69) is 0 Å². The summed E-state index contributed by atoms with van der Waals surface area (Å²) in [5.74, 6) is -1.17. The molecule has 29 heavy (non-hydrogen) atoms. The Balaban J connectivity index is 1.38. The first-order chi connectivity index (χ1) is 14.1. The maximum atomic E-state index is 12.5. The van der Waals surface area contributed by atoms with Gasteiger partial charge in [-0.3, -0.25) is 19.3 Å². The normalized spacial score (nSPS) is 18.5. The standard InChI is InChI=1S/C22H18N2O5/c25-19(24-18(14-29-22(24)28)15-8-2-1-3-9-15)12-6-7-13-23-20(26)16-10-4-5-11-17(16)21(23)27/h1-6,8-12,18H,7,13-14H2/b12-6+/t18-/m1/s1. The van der Waals surface area contributed by atoms with Crippen LogP contribution >= 0.6 is 0 Å². The Hall–Kier alpha value is -3.74. The molecular weight excluding hydrogens is 372 g/mol. The number of carbonyl (C=O) groups is 4. The van der Waals surface area contributed by atoms with Gasteiger partial charge in [-0.15, -0.1) is 0 Å². The third-order valence-corrected chi connectivity index (χ3v) is 4.95. The van der Waals surface area contributed by atoms with Gasteiger partial charge >= 0.3 is 6.09 Å². The Labute approximate surface area is 167 Å². The van der Waals surface area contributed by atoms with Crippen molar-refractivity contribution in [3.63, 3.8) is 0 Å². The third kappa shape index (κ3) is 3.42. The van der Waals surface area contributed by atoms with E-state index in [-0.39, 0.29) is 25.0 Å². The number of amides is 4. The van der Waals surface area contributed by atoms with Crippen molar-refractivity contribution in [2.24, 2.45) is 0 Å². The molecule has 7 heteroatoms. The summed E-state index contributed by atoms with van der Waals surface area (Å²) in [4.78, 5) is 51.4. The number of cyclic esters (lactones) is 1. The number of benzene rings is 2. The predicted octanol–water partition coefficient (Wildman–Crippen LogP) is 2.95. The highest BCUT2D eigenvalue weighted by atomic mass is 16.6. The molecule has 1 saturated heterocycles. The van der Waals surface area contributed by atoms with Crippen molar-refractivity contribution in [3.8, 4) is 0 Å². The van der Waals surface area contributed by atoms with Crippen molar-refractivity contribution in [1.29, 1.82) is 0 Å². The number of rotatable bonds is 5. The molecule has 2 heterocycles. The summed E-state index contributed by atoms with van der Waals surface area (Å²) in [5, 5.41) is 0. The zero-order valence-corrected chi connectivity index (χ0v) is 15.5. The van der Waals surface area contributed by atoms with Gasteiger partial charge in [0, 0.05) is 6.54 Å². The van der Waals surface area contributed by atoms with Crippen LogP contribution in [0.1, 0.15) is 38.7 Å². The third-order valence-electron chi connectivity index (χ3n) is 4.95. The van der Waals surface area contributed by atoms with Crippen molar-refractivity contribution in [2.75, 3.05) is 13.2 Å². The van der Waals surface area contributed by atoms with Gasteiger partial charge in [0.15, 0.2) is 0 Å². The minimum Gasteiger partial charge on any atom is -0.446 e. The molecular formula is C22H18N2O5. The molecule has 0 spiro atoms. The predicted molar refractivity (Wildman–Crippen MR) is 103 cm³/mol. The Bertz CT molecular complexity index is 980. The molecule has 0 aromatic heterocycles. The van der Waals surface area contributed by atoms with Gasteiger partial charge in [-0.1, -0.05) is 48.5 Å². The second-order valence-electron chi connectivity index (χ2n) is 6.71. The highest BCUT2D eigenvalue weighted by molar-refractivity contribution is 6.21. The lowest BCUT2D eigenvalue weighted by Crippen LogP contribution is -2.33. The molecule has 2 aliphatic rings. The van der Waals surface area contributed by atoms with Crippen LogP contribution in [0, 0.1) is 0 Å². The summed E-state index contributed by atoms with van der Waals surface area (Å²) in [5.41, 5.74) is 1.59. The summed E-state index contributed by atoms with van der Waals surface area (Å²) in [6.45, 7) is 0.264. The topological polar surface area (TPSA) is 84.0 Å². The molecule has 0 aliphatic carbocycles. The molecule has 1 fully saturated rings. The fourth-order valence-corrected chi connectivity index (χ4v) is 3.50. The maximum Gasteiger partial charge on any atom is 0.417 e. The largest absolute Gasteiger partial charge is 0.446 e. The van der Waals surface area contributed by atoms with E-state index in [1.807, 2.05) is 30.3 Å². The van der Waals surface area contributed by atoms with Crippen LogP contribution in [0.2, 0.25) is 0 Å². The number of imide groups is 2. The number of hydrogen-bond donors (Lipinski definition) is 0. The summed E-state index contributed by atoms with van der Waals surface area (Å²) in [7, 11) is 0. The Morgan fingerprint density at radius 2 is 1.59 bits per heavy atom. The van der Waals surface area contributed by atoms with Gasteiger partial charge in [-0.25, -0.2) is 9.69 Å². The van der Waals surface area contributed by atoms with Crippen molar-refractivity contribution >= 4 is 23.8 Å². The molecule has 0 saturated carbocycles. The zero-order chi connectivity index (χ0) is 20.4. The SMILES string of the molecule is O=C1c2ccccc2C(=O)N1CC/C=C/C(=O)N1C(=O)OC[C@@H]1c1ccccc1. The summed E-state index contributed by atoms with van der Waals surface area (Å²) in [6, 6.07) is 15.4. The van der Waals surface area contributed by atoms with Gasteiger partial charge in [-0.2, -0.15) is 0 Å². The van der Waals surface area contributed by atoms with Crippen LogP contribution in [0.15, 0.2) is 66.7 Å². The quantitative estimate of drug-likeness (QED) is 0.579. The van der Waals surface area contributed by atoms with Crippen molar-refractivity contribution < 1.29 is 23.9 Å². The van der Waals surface area contributed by atoms with Crippen molar-refractivity contribution in [2.45, 2.75) is 12.5 Å². The lowest BCUT2D eigenvalue weighted by Gasteiger charge is -2.18. The van der Waals surface area contributed by atoms with E-state index in [1.54, 1.807) is 30.3 Å². The smallest absolute Gasteiger partial charge is 0.417 e. The maximum absolute atomic E-state index is 12.5. The molecule has 1 atom stereocenters. The van der Waals surface area contributed by atoms with Gasteiger partial charge in [0.2, 0.25) is 0 Å². The van der Waals surface area contributed by atoms with Gasteiger partial charge in [0.25, 0.3) is 17.7 Å². The van der Waals surface area contributed by atoms with E-state index in [4.69, 9.17) is 4.74 Å². The molecule has 2 aromatic carbocycles. The Morgan fingerprint density at radius 1 is 0.966 bits per heavy atom. The van der Waals surface area contributed by atoms with Crippen LogP contribution < -0.4 is 0 Å². The lowest BCUT2D eigenvalue weighted by molar-refractivity contribution is -0.124. The van der Waals surface area contributed by atoms with Gasteiger partial charge < -0.3 is 4.74 Å². The first-order valence-electron chi connectivity index (χ1n) is 9.24. The van der Waals surface area contributed by atoms with E-state index in [9.17, 15) is 19.2 Å². The monoisotopic (exact) mass is 390 g/mol. The highest BCUT2D eigenvalue weighted by Gasteiger charge is 2.38. The van der Waals surface area contributed by atoms with Gasteiger partial charge in [-0.05, 0) is 30.2 Å². The molecule has 0 radical (unpaired) electrons. The van der Waals surface area contributed by atoms with E-state index >= 15 is 0 Å². The molecule has 0 N–H and O–H groups in total. The number of ether oxygens (including phenoxy) is 1. The first-order valence-corrected chi connectivity index (χ1v) is 9.24. The molecule has 2 aromatic rings. The van der Waals surface area contributed by atoms with Gasteiger partial charge in [0.1, 0.15) is 12.6 Å².